The van der Waals surface area contributed by atoms with Gasteiger partial charge in [-0.2, -0.15) is 0 Å². The van der Waals surface area contributed by atoms with E-state index in [0.29, 0.717) is 0 Å². The SMILES string of the molecule is C1=CC2c3c(-c4nc5ccccc5nc4-c4ccc5c(-n6c7cc(-n8c9ccccc9c9cc%10ccccc%10cc98)ccc7c7cc8ccccc8cc76)cccc5c4)cccc3N(c3ccccc3)C2C=C1. The maximum Gasteiger partial charge on any atom is 0.0976 e. The lowest BCUT2D eigenvalue weighted by atomic mass is 9.86. The number of para-hydroxylation sites is 4. The number of benzene rings is 11. The highest BCUT2D eigenvalue weighted by molar-refractivity contribution is 6.17. The molecular weight excluding hydrogens is 887 g/mol. The molecule has 0 N–H and O–H groups in total. The van der Waals surface area contributed by atoms with Gasteiger partial charge in [0.05, 0.1) is 56.2 Å². The van der Waals surface area contributed by atoms with Crippen molar-refractivity contribution >= 4 is 98.3 Å². The van der Waals surface area contributed by atoms with Gasteiger partial charge in [-0.3, -0.25) is 0 Å². The van der Waals surface area contributed by atoms with Crippen molar-refractivity contribution in [2.75, 3.05) is 4.90 Å². The van der Waals surface area contributed by atoms with Crippen LogP contribution >= 0.6 is 0 Å². The van der Waals surface area contributed by atoms with Gasteiger partial charge in [0.25, 0.3) is 0 Å². The second-order valence-corrected chi connectivity index (χ2v) is 19.7. The van der Waals surface area contributed by atoms with E-state index in [2.05, 4.69) is 263 Å². The number of anilines is 2. The van der Waals surface area contributed by atoms with Gasteiger partial charge in [0, 0.05) is 61.0 Å². The smallest absolute Gasteiger partial charge is 0.0976 e. The van der Waals surface area contributed by atoms with Crippen LogP contribution in [0.25, 0.3) is 121 Å². The summed E-state index contributed by atoms with van der Waals surface area (Å²) in [5.74, 6) is 0.148. The number of nitrogens with zero attached hydrogens (tertiary/aromatic N) is 5. The molecular formula is C68H43N5. The van der Waals surface area contributed by atoms with Crippen LogP contribution in [0.15, 0.2) is 249 Å². The summed E-state index contributed by atoms with van der Waals surface area (Å²) in [6, 6.07) is 82.3. The summed E-state index contributed by atoms with van der Waals surface area (Å²) < 4.78 is 4.96. The fraction of sp³-hybridized carbons (Fsp3) is 0.0294. The van der Waals surface area contributed by atoms with E-state index in [1.807, 2.05) is 0 Å². The molecule has 340 valence electrons. The van der Waals surface area contributed by atoms with Gasteiger partial charge in [-0.15, -0.1) is 0 Å². The van der Waals surface area contributed by atoms with Crippen LogP contribution in [0.4, 0.5) is 11.4 Å². The van der Waals surface area contributed by atoms with Gasteiger partial charge in [-0.1, -0.05) is 164 Å². The number of hydrogen-bond donors (Lipinski definition) is 0. The monoisotopic (exact) mass is 929 g/mol. The number of allylic oxidation sites excluding steroid dienone is 2. The van der Waals surface area contributed by atoms with Crippen LogP contribution in [0.2, 0.25) is 0 Å². The van der Waals surface area contributed by atoms with Crippen LogP contribution in [0.1, 0.15) is 11.5 Å². The molecule has 2 atom stereocenters. The molecule has 16 rings (SSSR count). The van der Waals surface area contributed by atoms with Gasteiger partial charge in [-0.05, 0) is 117 Å². The number of hydrogen-bond acceptors (Lipinski definition) is 3. The Balaban J connectivity index is 0.911. The predicted molar refractivity (Wildman–Crippen MR) is 305 cm³/mol. The zero-order chi connectivity index (χ0) is 47.7. The zero-order valence-corrected chi connectivity index (χ0v) is 39.6. The molecule has 11 aromatic carbocycles. The summed E-state index contributed by atoms with van der Waals surface area (Å²) in [5.41, 5.74) is 16.3. The van der Waals surface area contributed by atoms with E-state index < -0.39 is 0 Å². The molecule has 5 nitrogen and oxygen atoms in total. The van der Waals surface area contributed by atoms with E-state index in [0.717, 1.165) is 61.2 Å². The third-order valence-corrected chi connectivity index (χ3v) is 15.7. The molecule has 0 fully saturated rings. The average molecular weight is 930 g/mol. The third kappa shape index (κ3) is 5.97. The molecule has 4 heterocycles. The predicted octanol–water partition coefficient (Wildman–Crippen LogP) is 17.3. The van der Waals surface area contributed by atoms with Gasteiger partial charge in [0.15, 0.2) is 0 Å². The van der Waals surface area contributed by atoms with E-state index >= 15 is 0 Å². The van der Waals surface area contributed by atoms with Gasteiger partial charge in [-0.25, -0.2) is 9.97 Å². The molecule has 0 spiro atoms. The minimum atomic E-state index is 0.148. The van der Waals surface area contributed by atoms with Crippen molar-refractivity contribution < 1.29 is 0 Å². The number of fused-ring (bicyclic) bond motifs is 13. The summed E-state index contributed by atoms with van der Waals surface area (Å²) in [5, 5.41) is 12.1. The Morgan fingerprint density at radius 2 is 0.932 bits per heavy atom. The molecule has 14 aromatic rings. The van der Waals surface area contributed by atoms with Crippen molar-refractivity contribution in [3.05, 3.63) is 254 Å². The fourth-order valence-corrected chi connectivity index (χ4v) is 12.5. The Morgan fingerprint density at radius 1 is 0.342 bits per heavy atom. The number of aromatic nitrogens is 4. The lowest BCUT2D eigenvalue weighted by Gasteiger charge is -2.28. The van der Waals surface area contributed by atoms with Gasteiger partial charge in [0.2, 0.25) is 0 Å². The molecule has 0 saturated heterocycles. The highest BCUT2D eigenvalue weighted by Crippen LogP contribution is 2.52. The molecule has 0 amide bonds. The molecule has 1 aliphatic heterocycles. The van der Waals surface area contributed by atoms with Crippen LogP contribution in [0.5, 0.6) is 0 Å². The summed E-state index contributed by atoms with van der Waals surface area (Å²) in [7, 11) is 0. The van der Waals surface area contributed by atoms with Crippen molar-refractivity contribution in [1.82, 2.24) is 19.1 Å². The summed E-state index contributed by atoms with van der Waals surface area (Å²) >= 11 is 0. The quantitative estimate of drug-likeness (QED) is 0.173. The maximum atomic E-state index is 5.52. The van der Waals surface area contributed by atoms with Crippen LogP contribution in [-0.4, -0.2) is 25.1 Å². The van der Waals surface area contributed by atoms with Gasteiger partial charge < -0.3 is 14.0 Å². The number of rotatable bonds is 5. The Hall–Kier alpha value is -9.58. The molecule has 0 radical (unpaired) electrons. The summed E-state index contributed by atoms with van der Waals surface area (Å²) in [6.45, 7) is 0. The Kier molecular flexibility index (Phi) is 8.51. The first-order valence-electron chi connectivity index (χ1n) is 25.2. The third-order valence-electron chi connectivity index (χ3n) is 15.7. The summed E-state index contributed by atoms with van der Waals surface area (Å²) in [6.07, 6.45) is 9.06. The van der Waals surface area contributed by atoms with Gasteiger partial charge >= 0.3 is 0 Å². The first-order chi connectivity index (χ1) is 36.2. The minimum absolute atomic E-state index is 0.148. The Morgan fingerprint density at radius 3 is 1.71 bits per heavy atom. The minimum Gasteiger partial charge on any atom is -0.333 e. The standard InChI is InChI=1S/C68H43N5/c1-2-21-48(22-3-1)71-61-29-13-9-24-53(61)66-54(25-15-31-62(66)71)68-67(69-57-26-10-11-27-58(57)70-68)47-32-34-50-46(36-47)20-14-30-59(50)73-64-40-45-19-7-5-17-43(45)38-56(64)52-35-33-49(41-65(52)73)72-60-28-12-8-23-51(60)55-37-42-16-4-6-18-44(42)39-63(55)72/h1-41,53,61H. The van der Waals surface area contributed by atoms with Crippen molar-refractivity contribution in [1.29, 1.82) is 0 Å². The van der Waals surface area contributed by atoms with Crippen molar-refractivity contribution in [3.63, 3.8) is 0 Å². The molecule has 1 aliphatic carbocycles. The second kappa shape index (κ2) is 15.5. The molecule has 73 heavy (non-hydrogen) atoms. The zero-order valence-electron chi connectivity index (χ0n) is 39.6. The Labute approximate surface area is 420 Å². The lowest BCUT2D eigenvalue weighted by Crippen LogP contribution is -2.28. The Bertz CT molecular complexity index is 4710. The molecule has 5 heteroatoms. The topological polar surface area (TPSA) is 38.9 Å². The molecule has 2 aliphatic rings. The molecule has 2 unspecified atom stereocenters. The van der Waals surface area contributed by atoms with E-state index in [1.165, 1.54) is 76.6 Å². The van der Waals surface area contributed by atoms with Gasteiger partial charge in [0.1, 0.15) is 0 Å². The summed E-state index contributed by atoms with van der Waals surface area (Å²) in [4.78, 5) is 13.5. The second-order valence-electron chi connectivity index (χ2n) is 19.7. The van der Waals surface area contributed by atoms with Crippen LogP contribution in [0.3, 0.4) is 0 Å². The largest absolute Gasteiger partial charge is 0.333 e. The van der Waals surface area contributed by atoms with E-state index in [9.17, 15) is 0 Å². The van der Waals surface area contributed by atoms with Crippen LogP contribution in [-0.2, 0) is 0 Å². The lowest BCUT2D eigenvalue weighted by molar-refractivity contribution is 0.745. The molecule has 0 saturated carbocycles. The molecule has 0 bridgehead atoms. The fourth-order valence-electron chi connectivity index (χ4n) is 12.5. The van der Waals surface area contributed by atoms with Crippen LogP contribution < -0.4 is 4.90 Å². The average Bonchev–Trinajstić information content (AvgIpc) is 4.08. The molecule has 3 aromatic heterocycles. The van der Waals surface area contributed by atoms with E-state index in [4.69, 9.17) is 9.97 Å². The van der Waals surface area contributed by atoms with E-state index in [1.54, 1.807) is 0 Å². The normalized spacial score (nSPS) is 15.3. The first kappa shape index (κ1) is 40.2. The van der Waals surface area contributed by atoms with E-state index in [-0.39, 0.29) is 12.0 Å². The highest BCUT2D eigenvalue weighted by Gasteiger charge is 2.40. The highest BCUT2D eigenvalue weighted by atomic mass is 15.2. The maximum absolute atomic E-state index is 5.52. The van der Waals surface area contributed by atoms with Crippen molar-refractivity contribution in [3.8, 4) is 33.9 Å². The first-order valence-corrected chi connectivity index (χ1v) is 25.2. The van der Waals surface area contributed by atoms with Crippen LogP contribution in [0, 0.1) is 0 Å². The van der Waals surface area contributed by atoms with Crippen molar-refractivity contribution in [2.24, 2.45) is 0 Å². The van der Waals surface area contributed by atoms with Crippen molar-refractivity contribution in [2.45, 2.75) is 12.0 Å².